The number of nitrogens with zero attached hydrogens (tertiary/aromatic N) is 4. The Balaban J connectivity index is 2.38. The molecule has 22 heavy (non-hydrogen) atoms. The van der Waals surface area contributed by atoms with Crippen molar-refractivity contribution in [3.05, 3.63) is 34.6 Å². The molecule has 0 fully saturated rings. The number of nitrogens with two attached hydrogens (primary N) is 2. The predicted molar refractivity (Wildman–Crippen MR) is 87.1 cm³/mol. The molecule has 0 aliphatic carbocycles. The van der Waals surface area contributed by atoms with Gasteiger partial charge in [0, 0.05) is 0 Å². The van der Waals surface area contributed by atoms with Gasteiger partial charge in [0.1, 0.15) is 18.0 Å². The second-order valence-electron chi connectivity index (χ2n) is 4.57. The van der Waals surface area contributed by atoms with Gasteiger partial charge < -0.3 is 16.0 Å². The first-order valence-electron chi connectivity index (χ1n) is 6.23. The highest BCUT2D eigenvalue weighted by Gasteiger charge is 2.20. The van der Waals surface area contributed by atoms with Gasteiger partial charge in [-0.3, -0.25) is 5.41 Å². The van der Waals surface area contributed by atoms with Gasteiger partial charge in [-0.2, -0.15) is 0 Å². The largest absolute Gasteiger partial charge is 0.386 e. The first kappa shape index (κ1) is 14.6. The summed E-state index contributed by atoms with van der Waals surface area (Å²) in [6, 6.07) is 5.14. The molecule has 3 rings (SSSR count). The molecular weight excluding hydrogens is 325 g/mol. The Hall–Kier alpha value is -2.38. The third-order valence-corrected chi connectivity index (χ3v) is 3.71. The summed E-state index contributed by atoms with van der Waals surface area (Å²) in [5.41, 5.74) is 12.8. The number of imidazole rings is 1. The minimum Gasteiger partial charge on any atom is -0.386 e. The van der Waals surface area contributed by atoms with E-state index in [0.717, 1.165) is 0 Å². The summed E-state index contributed by atoms with van der Waals surface area (Å²) in [5.74, 6) is 0.616. The molecule has 3 aromatic rings. The number of nitrogens with one attached hydrogen (secondary N) is 1. The van der Waals surface area contributed by atoms with Crippen molar-refractivity contribution in [3.8, 4) is 11.4 Å². The highest BCUT2D eigenvalue weighted by atomic mass is 35.5. The number of aromatic nitrogens is 4. The molecule has 5 N–H and O–H groups in total. The number of amidine groups is 1. The number of anilines is 1. The van der Waals surface area contributed by atoms with Crippen LogP contribution in [0.25, 0.3) is 22.6 Å². The first-order valence-corrected chi connectivity index (χ1v) is 6.98. The third kappa shape index (κ3) is 2.34. The summed E-state index contributed by atoms with van der Waals surface area (Å²) in [6.07, 6.45) is 1.33. The maximum Gasteiger partial charge on any atom is 0.166 e. The topological polar surface area (TPSA) is 119 Å². The number of nitrogen functional groups attached to an aromatic ring is 1. The number of halogens is 2. The van der Waals surface area contributed by atoms with E-state index >= 15 is 0 Å². The zero-order valence-electron chi connectivity index (χ0n) is 11.2. The lowest BCUT2D eigenvalue weighted by atomic mass is 10.2. The molecule has 0 saturated carbocycles. The van der Waals surface area contributed by atoms with Gasteiger partial charge in [-0.1, -0.05) is 29.3 Å². The van der Waals surface area contributed by atoms with Crippen molar-refractivity contribution in [2.24, 2.45) is 5.73 Å². The molecule has 2 heterocycles. The van der Waals surface area contributed by atoms with E-state index < -0.39 is 0 Å². The van der Waals surface area contributed by atoms with Crippen LogP contribution in [0.1, 0.15) is 0 Å². The highest BCUT2D eigenvalue weighted by Crippen LogP contribution is 2.35. The van der Waals surface area contributed by atoms with E-state index in [0.29, 0.717) is 32.6 Å². The van der Waals surface area contributed by atoms with E-state index in [9.17, 15) is 0 Å². The van der Waals surface area contributed by atoms with Crippen molar-refractivity contribution in [2.75, 3.05) is 5.73 Å². The summed E-state index contributed by atoms with van der Waals surface area (Å²) in [6.45, 7) is 0.0871. The van der Waals surface area contributed by atoms with Crippen LogP contribution in [0.2, 0.25) is 10.0 Å². The Morgan fingerprint density at radius 3 is 2.55 bits per heavy atom. The molecule has 0 saturated heterocycles. The van der Waals surface area contributed by atoms with Gasteiger partial charge in [0.05, 0.1) is 22.2 Å². The summed E-state index contributed by atoms with van der Waals surface area (Å²) in [5, 5.41) is 8.41. The molecule has 7 nitrogen and oxygen atoms in total. The molecule has 2 aromatic heterocycles. The van der Waals surface area contributed by atoms with E-state index in [1.165, 1.54) is 6.33 Å². The number of hydrogen-bond acceptors (Lipinski definition) is 5. The van der Waals surface area contributed by atoms with Crippen molar-refractivity contribution in [1.82, 2.24) is 19.5 Å². The Bertz CT molecular complexity index is 867. The molecule has 0 radical (unpaired) electrons. The molecule has 0 spiro atoms. The Kier molecular flexibility index (Phi) is 3.59. The van der Waals surface area contributed by atoms with Gasteiger partial charge in [-0.05, 0) is 12.1 Å². The monoisotopic (exact) mass is 335 g/mol. The maximum atomic E-state index is 7.55. The van der Waals surface area contributed by atoms with Crippen molar-refractivity contribution < 1.29 is 0 Å². The van der Waals surface area contributed by atoms with E-state index in [-0.39, 0.29) is 18.2 Å². The van der Waals surface area contributed by atoms with Crippen LogP contribution in [0.5, 0.6) is 0 Å². The number of fused-ring (bicyclic) bond motifs is 1. The van der Waals surface area contributed by atoms with Crippen molar-refractivity contribution in [1.29, 1.82) is 5.41 Å². The Labute approximate surface area is 135 Å². The zero-order chi connectivity index (χ0) is 15.9. The maximum absolute atomic E-state index is 7.55. The first-order chi connectivity index (χ1) is 10.5. The van der Waals surface area contributed by atoms with Crippen LogP contribution in [-0.4, -0.2) is 25.4 Å². The predicted octanol–water partition coefficient (Wildman–Crippen LogP) is 2.32. The Morgan fingerprint density at radius 1 is 1.23 bits per heavy atom. The van der Waals surface area contributed by atoms with Gasteiger partial charge in [0.15, 0.2) is 17.0 Å². The van der Waals surface area contributed by atoms with Crippen molar-refractivity contribution in [2.45, 2.75) is 6.54 Å². The number of hydrogen-bond donors (Lipinski definition) is 3. The van der Waals surface area contributed by atoms with Gasteiger partial charge >= 0.3 is 0 Å². The fourth-order valence-electron chi connectivity index (χ4n) is 2.18. The minimum absolute atomic E-state index is 0.0547. The molecule has 0 aliphatic rings. The molecule has 0 aliphatic heterocycles. The van der Waals surface area contributed by atoms with E-state index in [1.807, 2.05) is 0 Å². The summed E-state index contributed by atoms with van der Waals surface area (Å²) >= 11 is 12.5. The molecule has 1 aromatic carbocycles. The van der Waals surface area contributed by atoms with Crippen LogP contribution in [0.3, 0.4) is 0 Å². The normalized spacial score (nSPS) is 11.0. The van der Waals surface area contributed by atoms with Crippen LogP contribution < -0.4 is 11.5 Å². The zero-order valence-corrected chi connectivity index (χ0v) is 12.7. The lowest BCUT2D eigenvalue weighted by molar-refractivity contribution is 0.865. The van der Waals surface area contributed by atoms with Crippen LogP contribution in [0, 0.1) is 5.41 Å². The smallest absolute Gasteiger partial charge is 0.166 e. The Morgan fingerprint density at radius 2 is 1.91 bits per heavy atom. The summed E-state index contributed by atoms with van der Waals surface area (Å²) in [7, 11) is 0. The fraction of sp³-hybridized carbons (Fsp3) is 0.0769. The quantitative estimate of drug-likeness (QED) is 0.501. The molecule has 0 bridgehead atoms. The lowest BCUT2D eigenvalue weighted by Crippen LogP contribution is -2.19. The third-order valence-electron chi connectivity index (χ3n) is 3.08. The average Bonchev–Trinajstić information content (AvgIpc) is 2.79. The standard InChI is InChI=1S/C13H11Cl2N7/c14-6-2-1-3-7(15)9(6)12-21-10-11(18)19-5-20-13(10)22(12)4-8(16)17/h1-3,5H,4H2,(H3,16,17)(H2,18,19,20). The van der Waals surface area contributed by atoms with E-state index in [2.05, 4.69) is 15.0 Å². The van der Waals surface area contributed by atoms with Gasteiger partial charge in [-0.25, -0.2) is 15.0 Å². The molecule has 0 amide bonds. The minimum atomic E-state index is -0.0547. The summed E-state index contributed by atoms with van der Waals surface area (Å²) < 4.78 is 1.64. The second-order valence-corrected chi connectivity index (χ2v) is 5.39. The molecule has 9 heteroatoms. The fourth-order valence-corrected chi connectivity index (χ4v) is 2.74. The molecule has 0 atom stereocenters. The van der Waals surface area contributed by atoms with Crippen molar-refractivity contribution >= 4 is 46.0 Å². The number of rotatable bonds is 3. The molecule has 112 valence electrons. The van der Waals surface area contributed by atoms with Gasteiger partial charge in [0.25, 0.3) is 0 Å². The molecule has 0 unspecified atom stereocenters. The van der Waals surface area contributed by atoms with Crippen LogP contribution in [0.4, 0.5) is 5.82 Å². The summed E-state index contributed by atoms with van der Waals surface area (Å²) in [4.78, 5) is 12.5. The van der Waals surface area contributed by atoms with Crippen LogP contribution in [0.15, 0.2) is 24.5 Å². The van der Waals surface area contributed by atoms with Crippen LogP contribution in [-0.2, 0) is 6.54 Å². The number of benzene rings is 1. The highest BCUT2D eigenvalue weighted by molar-refractivity contribution is 6.39. The van der Waals surface area contributed by atoms with Crippen LogP contribution >= 0.6 is 23.2 Å². The van der Waals surface area contributed by atoms with E-state index in [4.69, 9.17) is 40.1 Å². The van der Waals surface area contributed by atoms with Gasteiger partial charge in [0.2, 0.25) is 0 Å². The SMILES string of the molecule is N=C(N)Cn1c(-c2c(Cl)cccc2Cl)nc2c(N)ncnc21. The lowest BCUT2D eigenvalue weighted by Gasteiger charge is -2.10. The van der Waals surface area contributed by atoms with Gasteiger partial charge in [-0.15, -0.1) is 0 Å². The second kappa shape index (κ2) is 5.43. The van der Waals surface area contributed by atoms with E-state index in [1.54, 1.807) is 22.8 Å². The molecular formula is C13H11Cl2N7. The van der Waals surface area contributed by atoms with Crippen molar-refractivity contribution in [3.63, 3.8) is 0 Å². The average molecular weight is 336 g/mol.